The largest absolute Gasteiger partial charge is 0.508 e. The van der Waals surface area contributed by atoms with Gasteiger partial charge >= 0.3 is 0 Å². The van der Waals surface area contributed by atoms with Gasteiger partial charge in [0, 0.05) is 36.7 Å². The van der Waals surface area contributed by atoms with Crippen molar-refractivity contribution in [2.75, 3.05) is 13.1 Å². The van der Waals surface area contributed by atoms with Crippen molar-refractivity contribution >= 4 is 5.91 Å². The van der Waals surface area contributed by atoms with Crippen LogP contribution in [0.2, 0.25) is 0 Å². The van der Waals surface area contributed by atoms with E-state index in [2.05, 4.69) is 5.32 Å². The number of carbonyl (C=O) groups excluding carboxylic acids is 1. The molecule has 1 aliphatic heterocycles. The van der Waals surface area contributed by atoms with Crippen molar-refractivity contribution in [3.05, 3.63) is 29.8 Å². The highest BCUT2D eigenvalue weighted by atomic mass is 16.3. The summed E-state index contributed by atoms with van der Waals surface area (Å²) < 4.78 is 0. The lowest BCUT2D eigenvalue weighted by Gasteiger charge is -2.36. The molecule has 0 bridgehead atoms. The number of phenols is 1. The third kappa shape index (κ3) is 4.21. The number of carbonyl (C=O) groups is 1. The molecule has 1 aromatic carbocycles. The van der Waals surface area contributed by atoms with Gasteiger partial charge in [-0.25, -0.2) is 0 Å². The highest BCUT2D eigenvalue weighted by Crippen LogP contribution is 2.21. The van der Waals surface area contributed by atoms with E-state index in [1.54, 1.807) is 6.07 Å². The quantitative estimate of drug-likeness (QED) is 0.899. The summed E-state index contributed by atoms with van der Waals surface area (Å²) in [5, 5.41) is 13.2. The molecule has 2 rings (SSSR count). The fourth-order valence-electron chi connectivity index (χ4n) is 2.68. The van der Waals surface area contributed by atoms with Crippen LogP contribution >= 0.6 is 0 Å². The molecule has 1 fully saturated rings. The highest BCUT2D eigenvalue weighted by Gasteiger charge is 2.30. The van der Waals surface area contributed by atoms with Gasteiger partial charge in [0.2, 0.25) is 5.91 Å². The highest BCUT2D eigenvalue weighted by molar-refractivity contribution is 5.81. The van der Waals surface area contributed by atoms with Gasteiger partial charge in [0.15, 0.2) is 0 Å². The number of benzene rings is 1. The fraction of sp³-hybridized carbons (Fsp3) is 0.588. The molecule has 4 nitrogen and oxygen atoms in total. The number of aromatic hydroxyl groups is 1. The summed E-state index contributed by atoms with van der Waals surface area (Å²) in [5.41, 5.74) is 0.626. The van der Waals surface area contributed by atoms with Gasteiger partial charge < -0.3 is 15.3 Å². The van der Waals surface area contributed by atoms with Gasteiger partial charge in [-0.15, -0.1) is 0 Å². The summed E-state index contributed by atoms with van der Waals surface area (Å²) in [4.78, 5) is 14.2. The summed E-state index contributed by atoms with van der Waals surface area (Å²) in [6, 6.07) is 7.81. The molecule has 1 saturated heterocycles. The Kier molecular flexibility index (Phi) is 4.88. The molecule has 0 radical (unpaired) electrons. The Morgan fingerprint density at radius 1 is 1.29 bits per heavy atom. The summed E-state index contributed by atoms with van der Waals surface area (Å²) in [6.45, 7) is 8.21. The summed E-state index contributed by atoms with van der Waals surface area (Å²) in [5.74, 6) is 0.576. The van der Waals surface area contributed by atoms with Crippen LogP contribution in [-0.2, 0) is 11.3 Å². The lowest BCUT2D eigenvalue weighted by Crippen LogP contribution is -2.48. The zero-order valence-corrected chi connectivity index (χ0v) is 13.2. The molecule has 21 heavy (non-hydrogen) atoms. The molecule has 4 heteroatoms. The van der Waals surface area contributed by atoms with Gasteiger partial charge in [-0.05, 0) is 18.9 Å². The number of piperidine rings is 1. The Morgan fingerprint density at radius 2 is 1.90 bits per heavy atom. The van der Waals surface area contributed by atoms with Crippen LogP contribution in [0.15, 0.2) is 24.3 Å². The third-order valence-corrected chi connectivity index (χ3v) is 4.00. The number of phenolic OH excluding ortho intramolecular Hbond substituents is 1. The first kappa shape index (κ1) is 15.8. The van der Waals surface area contributed by atoms with Crippen LogP contribution in [0.4, 0.5) is 0 Å². The van der Waals surface area contributed by atoms with E-state index >= 15 is 0 Å². The van der Waals surface area contributed by atoms with Crippen LogP contribution in [-0.4, -0.2) is 35.0 Å². The summed E-state index contributed by atoms with van der Waals surface area (Å²) in [6.07, 6.45) is 1.94. The Labute approximate surface area is 127 Å². The molecule has 2 N–H and O–H groups in total. The minimum absolute atomic E-state index is 0.238. The van der Waals surface area contributed by atoms with Crippen LogP contribution in [0, 0.1) is 5.41 Å². The second-order valence-electron chi connectivity index (χ2n) is 6.83. The Morgan fingerprint density at radius 3 is 2.48 bits per heavy atom. The number of nitrogens with zero attached hydrogens (tertiary/aromatic N) is 1. The normalized spacial score (nSPS) is 17.0. The SMILES string of the molecule is CC(C)(C)C(=O)N1CCC(NCc2ccccc2O)CC1. The van der Waals surface area contributed by atoms with Crippen molar-refractivity contribution in [3.8, 4) is 5.75 Å². The standard InChI is InChI=1S/C17H26N2O2/c1-17(2,3)16(21)19-10-8-14(9-11-19)18-12-13-6-4-5-7-15(13)20/h4-7,14,18,20H,8-12H2,1-3H3. The van der Waals surface area contributed by atoms with E-state index in [1.807, 2.05) is 43.9 Å². The van der Waals surface area contributed by atoms with E-state index in [4.69, 9.17) is 0 Å². The maximum Gasteiger partial charge on any atom is 0.227 e. The van der Waals surface area contributed by atoms with E-state index in [-0.39, 0.29) is 11.3 Å². The number of hydrogen-bond acceptors (Lipinski definition) is 3. The van der Waals surface area contributed by atoms with E-state index in [1.165, 1.54) is 0 Å². The van der Waals surface area contributed by atoms with E-state index < -0.39 is 0 Å². The molecule has 116 valence electrons. The number of likely N-dealkylation sites (tertiary alicyclic amines) is 1. The first-order valence-electron chi connectivity index (χ1n) is 7.67. The second kappa shape index (κ2) is 6.48. The lowest BCUT2D eigenvalue weighted by molar-refractivity contribution is -0.140. The minimum Gasteiger partial charge on any atom is -0.508 e. The van der Waals surface area contributed by atoms with Crippen LogP contribution < -0.4 is 5.32 Å². The predicted molar refractivity (Wildman–Crippen MR) is 84.0 cm³/mol. The topological polar surface area (TPSA) is 52.6 Å². The maximum absolute atomic E-state index is 12.2. The number of para-hydroxylation sites is 1. The zero-order valence-electron chi connectivity index (χ0n) is 13.2. The van der Waals surface area contributed by atoms with Crippen LogP contribution in [0.1, 0.15) is 39.2 Å². The van der Waals surface area contributed by atoms with E-state index in [0.29, 0.717) is 18.3 Å². The third-order valence-electron chi connectivity index (χ3n) is 4.00. The molecule has 0 saturated carbocycles. The molecule has 0 aromatic heterocycles. The maximum atomic E-state index is 12.2. The molecule has 1 heterocycles. The molecular formula is C17H26N2O2. The number of rotatable bonds is 3. The summed E-state index contributed by atoms with van der Waals surface area (Å²) in [7, 11) is 0. The molecule has 0 aliphatic carbocycles. The monoisotopic (exact) mass is 290 g/mol. The summed E-state index contributed by atoms with van der Waals surface area (Å²) >= 11 is 0. The Bertz CT molecular complexity index is 486. The molecule has 1 amide bonds. The van der Waals surface area contributed by atoms with Crippen molar-refractivity contribution in [1.29, 1.82) is 0 Å². The van der Waals surface area contributed by atoms with Crippen molar-refractivity contribution in [1.82, 2.24) is 10.2 Å². The van der Waals surface area contributed by atoms with Crippen LogP contribution in [0.25, 0.3) is 0 Å². The number of nitrogens with one attached hydrogen (secondary N) is 1. The predicted octanol–water partition coefficient (Wildman–Crippen LogP) is 2.52. The molecule has 0 unspecified atom stereocenters. The van der Waals surface area contributed by atoms with E-state index in [0.717, 1.165) is 31.5 Å². The van der Waals surface area contributed by atoms with Gasteiger partial charge in [0.05, 0.1) is 0 Å². The molecule has 0 spiro atoms. The average molecular weight is 290 g/mol. The van der Waals surface area contributed by atoms with Crippen molar-refractivity contribution in [3.63, 3.8) is 0 Å². The minimum atomic E-state index is -0.296. The lowest BCUT2D eigenvalue weighted by atomic mass is 9.93. The molecule has 1 aliphatic rings. The Balaban J connectivity index is 1.80. The first-order valence-corrected chi connectivity index (χ1v) is 7.67. The average Bonchev–Trinajstić information content (AvgIpc) is 2.45. The fourth-order valence-corrected chi connectivity index (χ4v) is 2.68. The van der Waals surface area contributed by atoms with Crippen molar-refractivity contribution in [2.45, 2.75) is 46.2 Å². The van der Waals surface area contributed by atoms with E-state index in [9.17, 15) is 9.90 Å². The smallest absolute Gasteiger partial charge is 0.227 e. The zero-order chi connectivity index (χ0) is 15.5. The number of amides is 1. The van der Waals surface area contributed by atoms with Crippen LogP contribution in [0.5, 0.6) is 5.75 Å². The molecule has 0 atom stereocenters. The first-order chi connectivity index (χ1) is 9.88. The molecular weight excluding hydrogens is 264 g/mol. The van der Waals surface area contributed by atoms with Crippen LogP contribution in [0.3, 0.4) is 0 Å². The van der Waals surface area contributed by atoms with Gasteiger partial charge in [-0.2, -0.15) is 0 Å². The molecule has 1 aromatic rings. The number of hydrogen-bond donors (Lipinski definition) is 2. The second-order valence-corrected chi connectivity index (χ2v) is 6.83. The van der Waals surface area contributed by atoms with Crippen molar-refractivity contribution in [2.24, 2.45) is 5.41 Å². The van der Waals surface area contributed by atoms with Gasteiger partial charge in [0.1, 0.15) is 5.75 Å². The van der Waals surface area contributed by atoms with Crippen molar-refractivity contribution < 1.29 is 9.90 Å². The Hall–Kier alpha value is -1.55. The van der Waals surface area contributed by atoms with Gasteiger partial charge in [-0.3, -0.25) is 4.79 Å². The van der Waals surface area contributed by atoms with Gasteiger partial charge in [-0.1, -0.05) is 39.0 Å². The van der Waals surface area contributed by atoms with Gasteiger partial charge in [0.25, 0.3) is 0 Å².